The molecule has 1 unspecified atom stereocenters. The molecule has 0 aromatic heterocycles. The van der Waals surface area contributed by atoms with Crippen LogP contribution in [0.1, 0.15) is 19.4 Å². The number of carbonyl (C=O) groups excluding carboxylic acids is 1. The average Bonchev–Trinajstić information content (AvgIpc) is 2.71. The molecule has 0 aliphatic heterocycles. The van der Waals surface area contributed by atoms with Crippen LogP contribution in [0, 0.1) is 5.92 Å². The predicted octanol–water partition coefficient (Wildman–Crippen LogP) is 3.13. The number of hydrogen-bond acceptors (Lipinski definition) is 5. The van der Waals surface area contributed by atoms with Gasteiger partial charge in [0.2, 0.25) is 15.9 Å². The third-order valence-corrected chi connectivity index (χ3v) is 6.50. The van der Waals surface area contributed by atoms with Crippen molar-refractivity contribution in [1.29, 1.82) is 0 Å². The smallest absolute Gasteiger partial charge is 0.241 e. The number of methoxy groups -OCH3 is 2. The summed E-state index contributed by atoms with van der Waals surface area (Å²) in [6.45, 7) is 3.95. The number of carbonyl (C=O) groups is 1. The van der Waals surface area contributed by atoms with Gasteiger partial charge < -0.3 is 14.8 Å². The fourth-order valence-electron chi connectivity index (χ4n) is 2.82. The first-order valence-corrected chi connectivity index (χ1v) is 11.7. The lowest BCUT2D eigenvalue weighted by Gasteiger charge is -2.21. The monoisotopic (exact) mass is 498 g/mol. The van der Waals surface area contributed by atoms with Crippen molar-refractivity contribution in [2.45, 2.75) is 31.2 Å². The summed E-state index contributed by atoms with van der Waals surface area (Å²) in [6, 6.07) is 10.9. The molecule has 0 aliphatic rings. The number of hydrogen-bond donors (Lipinski definition) is 2. The number of ether oxygens (including phenoxy) is 2. The van der Waals surface area contributed by atoms with Crippen LogP contribution >= 0.6 is 15.9 Å². The number of halogens is 1. The van der Waals surface area contributed by atoms with E-state index >= 15 is 0 Å². The van der Waals surface area contributed by atoms with Gasteiger partial charge in [0, 0.05) is 11.0 Å². The zero-order chi connectivity index (χ0) is 22.3. The van der Waals surface area contributed by atoms with E-state index in [4.69, 9.17) is 9.47 Å². The number of sulfonamides is 1. The Morgan fingerprint density at radius 2 is 1.67 bits per heavy atom. The summed E-state index contributed by atoms with van der Waals surface area (Å²) >= 11 is 3.28. The molecule has 1 atom stereocenters. The van der Waals surface area contributed by atoms with Gasteiger partial charge in [0.1, 0.15) is 6.04 Å². The summed E-state index contributed by atoms with van der Waals surface area (Å²) in [5.41, 5.74) is 0.962. The first-order valence-electron chi connectivity index (χ1n) is 9.44. The summed E-state index contributed by atoms with van der Waals surface area (Å²) in [6.07, 6.45) is 0.566. The number of benzene rings is 2. The van der Waals surface area contributed by atoms with Gasteiger partial charge in [-0.25, -0.2) is 8.42 Å². The lowest BCUT2D eigenvalue weighted by atomic mass is 10.0. The Morgan fingerprint density at radius 3 is 2.23 bits per heavy atom. The second kappa shape index (κ2) is 10.8. The zero-order valence-electron chi connectivity index (χ0n) is 17.4. The quantitative estimate of drug-likeness (QED) is 0.524. The van der Waals surface area contributed by atoms with E-state index in [1.165, 1.54) is 12.1 Å². The SMILES string of the molecule is COc1ccc(CCNC(=O)C(NS(=O)(=O)c2ccc(Br)cc2)C(C)C)cc1OC. The van der Waals surface area contributed by atoms with E-state index in [-0.39, 0.29) is 16.7 Å². The molecule has 2 aromatic carbocycles. The van der Waals surface area contributed by atoms with Gasteiger partial charge in [-0.2, -0.15) is 4.72 Å². The molecule has 7 nitrogen and oxygen atoms in total. The molecule has 0 aliphatic carbocycles. The Balaban J connectivity index is 2.01. The van der Waals surface area contributed by atoms with Crippen molar-refractivity contribution >= 4 is 31.9 Å². The van der Waals surface area contributed by atoms with Gasteiger partial charge in [0.25, 0.3) is 0 Å². The highest BCUT2D eigenvalue weighted by Crippen LogP contribution is 2.27. The first kappa shape index (κ1) is 24.2. The van der Waals surface area contributed by atoms with Crippen LogP contribution < -0.4 is 19.5 Å². The molecule has 0 saturated carbocycles. The molecule has 0 bridgehead atoms. The van der Waals surface area contributed by atoms with Crippen LogP contribution in [-0.2, 0) is 21.2 Å². The largest absolute Gasteiger partial charge is 0.493 e. The van der Waals surface area contributed by atoms with Crippen LogP contribution in [-0.4, -0.2) is 41.1 Å². The molecule has 0 spiro atoms. The summed E-state index contributed by atoms with van der Waals surface area (Å²) in [5.74, 6) is 0.651. The lowest BCUT2D eigenvalue weighted by molar-refractivity contribution is -0.123. The molecule has 9 heteroatoms. The second-order valence-electron chi connectivity index (χ2n) is 7.03. The molecule has 2 rings (SSSR count). The minimum Gasteiger partial charge on any atom is -0.493 e. The minimum absolute atomic E-state index is 0.106. The van der Waals surface area contributed by atoms with Crippen LogP contribution in [0.4, 0.5) is 0 Å². The number of amides is 1. The maximum absolute atomic E-state index is 12.7. The van der Waals surface area contributed by atoms with Gasteiger partial charge in [0.15, 0.2) is 11.5 Å². The molecule has 0 radical (unpaired) electrons. The van der Waals surface area contributed by atoms with Crippen molar-refractivity contribution in [2.75, 3.05) is 20.8 Å². The van der Waals surface area contributed by atoms with E-state index in [1.807, 2.05) is 12.1 Å². The summed E-state index contributed by atoms with van der Waals surface area (Å²) < 4.78 is 39.1. The van der Waals surface area contributed by atoms with E-state index in [2.05, 4.69) is 26.0 Å². The highest BCUT2D eigenvalue weighted by Gasteiger charge is 2.28. The summed E-state index contributed by atoms with van der Waals surface area (Å²) in [4.78, 5) is 12.8. The van der Waals surface area contributed by atoms with Crippen LogP contribution in [0.15, 0.2) is 51.8 Å². The molecule has 1 amide bonds. The Bertz CT molecular complexity index is 962. The standard InChI is InChI=1S/C21H27BrN2O5S/c1-14(2)20(24-30(26,27)17-8-6-16(22)7-9-17)21(25)23-12-11-15-5-10-18(28-3)19(13-15)29-4/h5-10,13-14,20,24H,11-12H2,1-4H3,(H,23,25). The molecule has 0 saturated heterocycles. The molecular formula is C21H27BrN2O5S. The first-order chi connectivity index (χ1) is 14.2. The predicted molar refractivity (Wildman–Crippen MR) is 119 cm³/mol. The molecule has 2 N–H and O–H groups in total. The van der Waals surface area contributed by atoms with Crippen molar-refractivity contribution in [3.8, 4) is 11.5 Å². The van der Waals surface area contributed by atoms with Crippen LogP contribution in [0.5, 0.6) is 11.5 Å². The highest BCUT2D eigenvalue weighted by atomic mass is 79.9. The molecule has 0 heterocycles. The molecule has 164 valence electrons. The Hall–Kier alpha value is -2.10. The highest BCUT2D eigenvalue weighted by molar-refractivity contribution is 9.10. The lowest BCUT2D eigenvalue weighted by Crippen LogP contribution is -2.49. The normalized spacial score (nSPS) is 12.5. The van der Waals surface area contributed by atoms with Gasteiger partial charge >= 0.3 is 0 Å². The van der Waals surface area contributed by atoms with Crippen molar-refractivity contribution in [2.24, 2.45) is 5.92 Å². The number of nitrogens with one attached hydrogen (secondary N) is 2. The molecular weight excluding hydrogens is 472 g/mol. The molecule has 2 aromatic rings. The molecule has 0 fully saturated rings. The van der Waals surface area contributed by atoms with Crippen molar-refractivity contribution < 1.29 is 22.7 Å². The van der Waals surface area contributed by atoms with Crippen molar-refractivity contribution in [3.05, 3.63) is 52.5 Å². The number of rotatable bonds is 10. The van der Waals surface area contributed by atoms with E-state index in [0.717, 1.165) is 10.0 Å². The Labute approximate surface area is 186 Å². The average molecular weight is 499 g/mol. The van der Waals surface area contributed by atoms with Gasteiger partial charge in [-0.15, -0.1) is 0 Å². The van der Waals surface area contributed by atoms with Gasteiger partial charge in [0.05, 0.1) is 19.1 Å². The van der Waals surface area contributed by atoms with Gasteiger partial charge in [-0.3, -0.25) is 4.79 Å². The van der Waals surface area contributed by atoms with E-state index < -0.39 is 16.1 Å². The van der Waals surface area contributed by atoms with E-state index in [9.17, 15) is 13.2 Å². The maximum atomic E-state index is 12.7. The van der Waals surface area contributed by atoms with E-state index in [1.54, 1.807) is 46.3 Å². The summed E-state index contributed by atoms with van der Waals surface area (Å²) in [7, 11) is -0.690. The van der Waals surface area contributed by atoms with Crippen LogP contribution in [0.3, 0.4) is 0 Å². The van der Waals surface area contributed by atoms with E-state index in [0.29, 0.717) is 24.5 Å². The van der Waals surface area contributed by atoms with Crippen molar-refractivity contribution in [3.63, 3.8) is 0 Å². The fraction of sp³-hybridized carbons (Fsp3) is 0.381. The van der Waals surface area contributed by atoms with Crippen LogP contribution in [0.25, 0.3) is 0 Å². The third-order valence-electron chi connectivity index (χ3n) is 4.52. The van der Waals surface area contributed by atoms with Crippen LogP contribution in [0.2, 0.25) is 0 Å². The van der Waals surface area contributed by atoms with Gasteiger partial charge in [-0.05, 0) is 54.3 Å². The Kier molecular flexibility index (Phi) is 8.69. The Morgan fingerprint density at radius 1 is 1.03 bits per heavy atom. The van der Waals surface area contributed by atoms with Gasteiger partial charge in [-0.1, -0.05) is 35.8 Å². The fourth-order valence-corrected chi connectivity index (χ4v) is 4.43. The minimum atomic E-state index is -3.82. The van der Waals surface area contributed by atoms with Crippen molar-refractivity contribution in [1.82, 2.24) is 10.0 Å². The second-order valence-corrected chi connectivity index (χ2v) is 9.66. The summed E-state index contributed by atoms with van der Waals surface area (Å²) in [5, 5.41) is 2.82. The maximum Gasteiger partial charge on any atom is 0.241 e. The topological polar surface area (TPSA) is 93.7 Å². The molecule has 30 heavy (non-hydrogen) atoms. The third kappa shape index (κ3) is 6.45. The zero-order valence-corrected chi connectivity index (χ0v) is 19.8.